The molecule has 0 N–H and O–H groups in total. The molecule has 3 heterocycles. The van der Waals surface area contributed by atoms with Crippen LogP contribution in [0.25, 0.3) is 11.5 Å². The van der Waals surface area contributed by atoms with Crippen molar-refractivity contribution in [2.45, 2.75) is 17.9 Å². The smallest absolute Gasteiger partial charge is 0.262 e. The number of hydrogen-bond donors (Lipinski definition) is 0. The third-order valence-electron chi connectivity index (χ3n) is 4.48. The largest absolute Gasteiger partial charge is 0.421 e. The van der Waals surface area contributed by atoms with Gasteiger partial charge in [-0.2, -0.15) is 4.31 Å². The normalized spacial score (nSPS) is 18.4. The summed E-state index contributed by atoms with van der Waals surface area (Å²) in [6, 6.07) is 9.57. The van der Waals surface area contributed by atoms with Crippen molar-refractivity contribution in [1.82, 2.24) is 24.1 Å². The maximum atomic E-state index is 12.6. The number of sulfonamides is 1. The molecule has 0 saturated carbocycles. The fraction of sp³-hybridized carbons (Fsp3) is 0.353. The van der Waals surface area contributed by atoms with Gasteiger partial charge in [0.2, 0.25) is 11.8 Å². The zero-order valence-electron chi connectivity index (χ0n) is 14.3. The first kappa shape index (κ1) is 16.9. The standard InChI is InChI=1S/C17H19N5O3S/c1-21-11-16(18-12-21)26(23,24)22-8-7-13(10-22)9-15-19-20-17(25-15)14-5-3-2-4-6-14/h2-6,11-13H,7-10H2,1H3. The highest BCUT2D eigenvalue weighted by molar-refractivity contribution is 7.89. The Hall–Kier alpha value is -2.52. The van der Waals surface area contributed by atoms with E-state index in [0.29, 0.717) is 31.3 Å². The molecule has 0 aliphatic carbocycles. The van der Waals surface area contributed by atoms with Gasteiger partial charge in [-0.3, -0.25) is 0 Å². The van der Waals surface area contributed by atoms with Crippen molar-refractivity contribution in [3.05, 3.63) is 48.7 Å². The fourth-order valence-electron chi connectivity index (χ4n) is 3.12. The molecule has 1 aliphatic rings. The van der Waals surface area contributed by atoms with Crippen molar-refractivity contribution in [2.75, 3.05) is 13.1 Å². The first-order valence-corrected chi connectivity index (χ1v) is 9.82. The number of aryl methyl sites for hydroxylation is 1. The lowest BCUT2D eigenvalue weighted by atomic mass is 10.1. The van der Waals surface area contributed by atoms with E-state index in [4.69, 9.17) is 4.42 Å². The molecule has 26 heavy (non-hydrogen) atoms. The van der Waals surface area contributed by atoms with Gasteiger partial charge < -0.3 is 8.98 Å². The van der Waals surface area contributed by atoms with E-state index in [0.717, 1.165) is 12.0 Å². The summed E-state index contributed by atoms with van der Waals surface area (Å²) in [4.78, 5) is 3.97. The molecule has 136 valence electrons. The molecule has 3 aromatic rings. The summed E-state index contributed by atoms with van der Waals surface area (Å²) in [6.45, 7) is 0.908. The van der Waals surface area contributed by atoms with Crippen LogP contribution in [0.2, 0.25) is 0 Å². The highest BCUT2D eigenvalue weighted by atomic mass is 32.2. The first-order chi connectivity index (χ1) is 12.5. The van der Waals surface area contributed by atoms with Crippen molar-refractivity contribution in [3.63, 3.8) is 0 Å². The number of aromatic nitrogens is 4. The number of benzene rings is 1. The molecule has 8 nitrogen and oxygen atoms in total. The molecule has 0 spiro atoms. The van der Waals surface area contributed by atoms with Crippen LogP contribution in [0, 0.1) is 5.92 Å². The Morgan fingerprint density at radius 3 is 2.77 bits per heavy atom. The second-order valence-corrected chi connectivity index (χ2v) is 8.35. The second-order valence-electron chi connectivity index (χ2n) is 6.47. The summed E-state index contributed by atoms with van der Waals surface area (Å²) in [6.07, 6.45) is 4.33. The van der Waals surface area contributed by atoms with Gasteiger partial charge in [-0.1, -0.05) is 18.2 Å². The van der Waals surface area contributed by atoms with Crippen LogP contribution in [-0.4, -0.2) is 45.6 Å². The summed E-state index contributed by atoms with van der Waals surface area (Å²) in [5.74, 6) is 1.17. The van der Waals surface area contributed by atoms with Crippen LogP contribution in [0.15, 0.2) is 52.3 Å². The highest BCUT2D eigenvalue weighted by Crippen LogP contribution is 2.26. The van der Waals surface area contributed by atoms with Crippen LogP contribution in [0.4, 0.5) is 0 Å². The summed E-state index contributed by atoms with van der Waals surface area (Å²) >= 11 is 0. The van der Waals surface area contributed by atoms with Crippen LogP contribution in [-0.2, 0) is 23.5 Å². The maximum Gasteiger partial charge on any atom is 0.262 e. The molecule has 1 aliphatic heterocycles. The monoisotopic (exact) mass is 373 g/mol. The van der Waals surface area contributed by atoms with Gasteiger partial charge in [-0.25, -0.2) is 13.4 Å². The van der Waals surface area contributed by atoms with Gasteiger partial charge in [-0.15, -0.1) is 10.2 Å². The van der Waals surface area contributed by atoms with Crippen LogP contribution < -0.4 is 0 Å². The highest BCUT2D eigenvalue weighted by Gasteiger charge is 2.34. The lowest BCUT2D eigenvalue weighted by Gasteiger charge is -2.14. The van der Waals surface area contributed by atoms with Crippen molar-refractivity contribution < 1.29 is 12.8 Å². The molecule has 1 atom stereocenters. The third kappa shape index (κ3) is 3.27. The summed E-state index contributed by atoms with van der Waals surface area (Å²) in [7, 11) is -1.80. The summed E-state index contributed by atoms with van der Waals surface area (Å²) in [5.41, 5.74) is 0.872. The predicted molar refractivity (Wildman–Crippen MR) is 93.5 cm³/mol. The third-order valence-corrected chi connectivity index (χ3v) is 6.24. The maximum absolute atomic E-state index is 12.6. The fourth-order valence-corrected chi connectivity index (χ4v) is 4.61. The Labute approximate surface area is 151 Å². The van der Waals surface area contributed by atoms with Gasteiger partial charge in [0.15, 0.2) is 5.03 Å². The van der Waals surface area contributed by atoms with Crippen molar-refractivity contribution in [3.8, 4) is 11.5 Å². The Balaban J connectivity index is 1.43. The molecule has 4 rings (SSSR count). The zero-order valence-corrected chi connectivity index (χ0v) is 15.1. The van der Waals surface area contributed by atoms with E-state index in [-0.39, 0.29) is 10.9 Å². The first-order valence-electron chi connectivity index (χ1n) is 8.38. The molecule has 1 fully saturated rings. The van der Waals surface area contributed by atoms with Crippen LogP contribution in [0.5, 0.6) is 0 Å². The minimum atomic E-state index is -3.55. The van der Waals surface area contributed by atoms with Crippen molar-refractivity contribution >= 4 is 10.0 Å². The molecule has 9 heteroatoms. The molecule has 2 aromatic heterocycles. The molecule has 1 aromatic carbocycles. The Bertz CT molecular complexity index is 996. The van der Waals surface area contributed by atoms with Gasteiger partial charge in [0.05, 0.1) is 6.33 Å². The minimum Gasteiger partial charge on any atom is -0.421 e. The summed E-state index contributed by atoms with van der Waals surface area (Å²) in [5, 5.41) is 8.28. The van der Waals surface area contributed by atoms with E-state index in [1.54, 1.807) is 11.6 Å². The van der Waals surface area contributed by atoms with Gasteiger partial charge in [0, 0.05) is 38.3 Å². The van der Waals surface area contributed by atoms with Crippen LogP contribution in [0.1, 0.15) is 12.3 Å². The number of imidazole rings is 1. The molecular formula is C17H19N5O3S. The van der Waals surface area contributed by atoms with Crippen LogP contribution in [0.3, 0.4) is 0 Å². The van der Waals surface area contributed by atoms with E-state index in [1.165, 1.54) is 16.8 Å². The SMILES string of the molecule is Cn1cnc(S(=O)(=O)N2CCC(Cc3nnc(-c4ccccc4)o3)C2)c1. The topological polar surface area (TPSA) is 94.1 Å². The molecule has 0 radical (unpaired) electrons. The van der Waals surface area contributed by atoms with E-state index in [9.17, 15) is 8.42 Å². The van der Waals surface area contributed by atoms with Crippen molar-refractivity contribution in [2.24, 2.45) is 13.0 Å². The molecular weight excluding hydrogens is 354 g/mol. The predicted octanol–water partition coefficient (Wildman–Crippen LogP) is 1.72. The molecule has 1 unspecified atom stereocenters. The van der Waals surface area contributed by atoms with Crippen LogP contribution >= 0.6 is 0 Å². The van der Waals surface area contributed by atoms with Gasteiger partial charge in [0.1, 0.15) is 0 Å². The van der Waals surface area contributed by atoms with E-state index in [1.807, 2.05) is 30.3 Å². The lowest BCUT2D eigenvalue weighted by Crippen LogP contribution is -2.29. The Kier molecular flexibility index (Phi) is 4.33. The van der Waals surface area contributed by atoms with Gasteiger partial charge in [0.25, 0.3) is 10.0 Å². The average Bonchev–Trinajstić information content (AvgIpc) is 3.37. The molecule has 0 bridgehead atoms. The van der Waals surface area contributed by atoms with E-state index in [2.05, 4.69) is 15.2 Å². The summed E-state index contributed by atoms with van der Waals surface area (Å²) < 4.78 is 34.1. The molecule has 0 amide bonds. The van der Waals surface area contributed by atoms with E-state index >= 15 is 0 Å². The second kappa shape index (κ2) is 6.65. The van der Waals surface area contributed by atoms with Gasteiger partial charge >= 0.3 is 0 Å². The quantitative estimate of drug-likeness (QED) is 0.676. The average molecular weight is 373 g/mol. The number of nitrogens with zero attached hydrogens (tertiary/aromatic N) is 5. The zero-order chi connectivity index (χ0) is 18.1. The van der Waals surface area contributed by atoms with Crippen molar-refractivity contribution in [1.29, 1.82) is 0 Å². The minimum absolute atomic E-state index is 0.0878. The van der Waals surface area contributed by atoms with E-state index < -0.39 is 10.0 Å². The number of hydrogen-bond acceptors (Lipinski definition) is 6. The lowest BCUT2D eigenvalue weighted by molar-refractivity contribution is 0.422. The number of rotatable bonds is 5. The van der Waals surface area contributed by atoms with Gasteiger partial charge in [-0.05, 0) is 24.5 Å². The Morgan fingerprint density at radius 1 is 1.23 bits per heavy atom. The molecule has 1 saturated heterocycles. The Morgan fingerprint density at radius 2 is 2.04 bits per heavy atom.